The lowest BCUT2D eigenvalue weighted by Gasteiger charge is -2.22. The van der Waals surface area contributed by atoms with E-state index in [1.54, 1.807) is 6.07 Å². The van der Waals surface area contributed by atoms with E-state index >= 15 is 0 Å². The number of carbonyl (C=O) groups excluding carboxylic acids is 1. The molecule has 5 rings (SSSR count). The number of primary amides is 1. The minimum absolute atomic E-state index is 0.00403. The quantitative estimate of drug-likeness (QED) is 0.495. The number of nitrogens with one attached hydrogen (secondary N) is 1. The highest BCUT2D eigenvalue weighted by molar-refractivity contribution is 6.03. The third-order valence-electron chi connectivity index (χ3n) is 6.87. The molecule has 0 radical (unpaired) electrons. The standard InChI is InChI=1S/C15H16F4O.C9H7N3O2/c16-13-4-2-9(11(7-20)14(13)17)8-1-3-12-10(8)5-6-15(12,18)19;10-9(14)8-7-5(1-3-12-8)11-4-2-6(7)13/h2,4,8,10,12,20H,1,3,5-7H2;1-4H,(H2,10,14)(H,11,13)/t8?,10-,12+;/m1./s1. The number of alkyl halides is 2. The predicted octanol–water partition coefficient (Wildman–Crippen LogP) is 4.02. The number of carbonyl (C=O) groups is 1. The average molecular weight is 477 g/mol. The Hall–Kier alpha value is -3.27. The van der Waals surface area contributed by atoms with Crippen LogP contribution in [0.25, 0.3) is 10.9 Å². The molecule has 2 fully saturated rings. The van der Waals surface area contributed by atoms with Gasteiger partial charge >= 0.3 is 0 Å². The van der Waals surface area contributed by atoms with Gasteiger partial charge in [-0.2, -0.15) is 0 Å². The number of rotatable bonds is 3. The smallest absolute Gasteiger partial charge is 0.268 e. The fourth-order valence-corrected chi connectivity index (χ4v) is 5.35. The monoisotopic (exact) mass is 477 g/mol. The number of H-pyrrole nitrogens is 1. The maximum atomic E-state index is 13.7. The Morgan fingerprint density at radius 3 is 2.65 bits per heavy atom. The van der Waals surface area contributed by atoms with E-state index < -0.39 is 36.0 Å². The van der Waals surface area contributed by atoms with E-state index in [9.17, 15) is 32.3 Å². The summed E-state index contributed by atoms with van der Waals surface area (Å²) in [6, 6.07) is 5.40. The summed E-state index contributed by atoms with van der Waals surface area (Å²) in [6.07, 6.45) is 4.17. The lowest BCUT2D eigenvalue weighted by molar-refractivity contribution is -0.0409. The number of aromatic amines is 1. The summed E-state index contributed by atoms with van der Waals surface area (Å²) in [5.74, 6) is -6.47. The number of nitrogens with zero attached hydrogens (tertiary/aromatic N) is 1. The van der Waals surface area contributed by atoms with Crippen molar-refractivity contribution in [3.05, 3.63) is 75.3 Å². The van der Waals surface area contributed by atoms with Gasteiger partial charge in [-0.3, -0.25) is 14.6 Å². The first-order chi connectivity index (χ1) is 16.2. The molecule has 2 aliphatic rings. The molecule has 1 amide bonds. The Kier molecular flexibility index (Phi) is 6.44. The second-order valence-corrected chi connectivity index (χ2v) is 8.63. The summed E-state index contributed by atoms with van der Waals surface area (Å²) < 4.78 is 54.4. The first-order valence-electron chi connectivity index (χ1n) is 10.9. The van der Waals surface area contributed by atoms with Crippen molar-refractivity contribution in [3.8, 4) is 0 Å². The number of fused-ring (bicyclic) bond motifs is 2. The van der Waals surface area contributed by atoms with Crippen LogP contribution in [0.5, 0.6) is 0 Å². The zero-order chi connectivity index (χ0) is 24.6. The van der Waals surface area contributed by atoms with Crippen molar-refractivity contribution in [1.82, 2.24) is 9.97 Å². The fourth-order valence-electron chi connectivity index (χ4n) is 5.35. The predicted molar refractivity (Wildman–Crippen MR) is 116 cm³/mol. The van der Waals surface area contributed by atoms with E-state index in [1.807, 2.05) is 0 Å². The van der Waals surface area contributed by atoms with Crippen molar-refractivity contribution in [2.75, 3.05) is 0 Å². The maximum absolute atomic E-state index is 13.7. The Morgan fingerprint density at radius 2 is 1.94 bits per heavy atom. The van der Waals surface area contributed by atoms with Crippen LogP contribution in [-0.4, -0.2) is 26.9 Å². The molecule has 3 atom stereocenters. The Morgan fingerprint density at radius 1 is 1.18 bits per heavy atom. The largest absolute Gasteiger partial charge is 0.392 e. The van der Waals surface area contributed by atoms with Crippen molar-refractivity contribution in [1.29, 1.82) is 0 Å². The van der Waals surface area contributed by atoms with Crippen LogP contribution in [-0.2, 0) is 6.61 Å². The van der Waals surface area contributed by atoms with Crippen molar-refractivity contribution >= 4 is 16.8 Å². The molecule has 1 aromatic carbocycles. The number of hydrogen-bond acceptors (Lipinski definition) is 4. The van der Waals surface area contributed by atoms with Gasteiger partial charge in [-0.1, -0.05) is 6.07 Å². The molecule has 0 bridgehead atoms. The van der Waals surface area contributed by atoms with Crippen LogP contribution in [0, 0.1) is 23.5 Å². The van der Waals surface area contributed by atoms with Gasteiger partial charge < -0.3 is 15.8 Å². The third-order valence-corrected chi connectivity index (χ3v) is 6.87. The maximum Gasteiger partial charge on any atom is 0.268 e. The number of aliphatic hydroxyl groups is 1. The molecule has 4 N–H and O–H groups in total. The average Bonchev–Trinajstić information content (AvgIpc) is 3.36. The molecule has 0 saturated heterocycles. The first kappa shape index (κ1) is 23.9. The van der Waals surface area contributed by atoms with Gasteiger partial charge in [-0.05, 0) is 48.8 Å². The lowest BCUT2D eigenvalue weighted by Crippen LogP contribution is -2.23. The van der Waals surface area contributed by atoms with Crippen LogP contribution in [0.3, 0.4) is 0 Å². The second-order valence-electron chi connectivity index (χ2n) is 8.63. The fraction of sp³-hybridized carbons (Fsp3) is 0.375. The molecular formula is C24H23F4N3O3. The van der Waals surface area contributed by atoms with Crippen LogP contribution >= 0.6 is 0 Å². The van der Waals surface area contributed by atoms with Crippen LogP contribution in [0.4, 0.5) is 17.6 Å². The molecule has 2 saturated carbocycles. The molecular weight excluding hydrogens is 454 g/mol. The van der Waals surface area contributed by atoms with E-state index in [1.165, 1.54) is 24.5 Å². The highest BCUT2D eigenvalue weighted by Crippen LogP contribution is 2.58. The minimum atomic E-state index is -2.64. The highest BCUT2D eigenvalue weighted by atomic mass is 19.3. The van der Waals surface area contributed by atoms with Crippen LogP contribution in [0.2, 0.25) is 0 Å². The second kappa shape index (κ2) is 9.17. The number of benzene rings is 1. The number of aliphatic hydroxyl groups excluding tert-OH is 1. The summed E-state index contributed by atoms with van der Waals surface area (Å²) in [4.78, 5) is 29.0. The lowest BCUT2D eigenvalue weighted by atomic mass is 9.84. The molecule has 2 aromatic heterocycles. The van der Waals surface area contributed by atoms with E-state index in [4.69, 9.17) is 5.73 Å². The summed E-state index contributed by atoms with van der Waals surface area (Å²) in [5.41, 5.74) is 5.81. The SMILES string of the molecule is NC(=O)c1nccc2[nH]ccc(=O)c12.OCc1c(C2CC[C@H]3[C@@H]2CCC3(F)F)ccc(F)c1F. The molecule has 0 spiro atoms. The molecule has 180 valence electrons. The molecule has 6 nitrogen and oxygen atoms in total. The van der Waals surface area contributed by atoms with Crippen LogP contribution < -0.4 is 11.2 Å². The van der Waals surface area contributed by atoms with E-state index in [-0.39, 0.29) is 40.3 Å². The van der Waals surface area contributed by atoms with Gasteiger partial charge in [0.15, 0.2) is 17.1 Å². The van der Waals surface area contributed by atoms with E-state index in [0.29, 0.717) is 30.3 Å². The topological polar surface area (TPSA) is 109 Å². The molecule has 10 heteroatoms. The Balaban J connectivity index is 0.000000172. The van der Waals surface area contributed by atoms with Crippen molar-refractivity contribution in [2.45, 2.75) is 44.1 Å². The van der Waals surface area contributed by atoms with Crippen molar-refractivity contribution in [2.24, 2.45) is 17.6 Å². The van der Waals surface area contributed by atoms with Gasteiger partial charge in [0.2, 0.25) is 0 Å². The summed E-state index contributed by atoms with van der Waals surface area (Å²) in [5, 5.41) is 9.51. The zero-order valence-electron chi connectivity index (χ0n) is 18.0. The number of pyridine rings is 2. The van der Waals surface area contributed by atoms with Crippen molar-refractivity contribution in [3.63, 3.8) is 0 Å². The summed E-state index contributed by atoms with van der Waals surface area (Å²) >= 11 is 0. The van der Waals surface area contributed by atoms with Gasteiger partial charge in [0, 0.05) is 36.4 Å². The number of hydrogen-bond donors (Lipinski definition) is 3. The molecule has 2 aliphatic carbocycles. The van der Waals surface area contributed by atoms with E-state index in [2.05, 4.69) is 9.97 Å². The van der Waals surface area contributed by atoms with Gasteiger partial charge in [0.05, 0.1) is 17.5 Å². The summed E-state index contributed by atoms with van der Waals surface area (Å²) in [6.45, 7) is -0.608. The zero-order valence-corrected chi connectivity index (χ0v) is 18.0. The minimum Gasteiger partial charge on any atom is -0.392 e. The molecule has 3 aromatic rings. The molecule has 1 unspecified atom stereocenters. The number of nitrogens with two attached hydrogens (primary N) is 1. The van der Waals surface area contributed by atoms with Gasteiger partial charge in [-0.25, -0.2) is 17.6 Å². The molecule has 2 heterocycles. The number of amides is 1. The van der Waals surface area contributed by atoms with Crippen LogP contribution in [0.1, 0.15) is 53.2 Å². The van der Waals surface area contributed by atoms with Crippen molar-refractivity contribution < 1.29 is 27.5 Å². The molecule has 34 heavy (non-hydrogen) atoms. The van der Waals surface area contributed by atoms with E-state index in [0.717, 1.165) is 6.07 Å². The number of halogens is 4. The summed E-state index contributed by atoms with van der Waals surface area (Å²) in [7, 11) is 0. The highest BCUT2D eigenvalue weighted by Gasteiger charge is 2.55. The van der Waals surface area contributed by atoms with Gasteiger partial charge in [-0.15, -0.1) is 0 Å². The third kappa shape index (κ3) is 4.18. The normalized spacial score (nSPS) is 22.8. The Labute approximate surface area is 191 Å². The van der Waals surface area contributed by atoms with Gasteiger partial charge in [0.1, 0.15) is 5.69 Å². The van der Waals surface area contributed by atoms with Gasteiger partial charge in [0.25, 0.3) is 11.8 Å². The first-order valence-corrected chi connectivity index (χ1v) is 10.9. The Bertz CT molecular complexity index is 1290. The number of aromatic nitrogens is 2. The van der Waals surface area contributed by atoms with Crippen LogP contribution in [0.15, 0.2) is 41.5 Å². The molecule has 0 aliphatic heterocycles.